The Morgan fingerprint density at radius 3 is 2.75 bits per heavy atom. The average Bonchev–Trinajstić information content (AvgIpc) is 2.26. The second kappa shape index (κ2) is 4.21. The molecule has 1 amide bonds. The van der Waals surface area contributed by atoms with E-state index in [1.54, 1.807) is 0 Å². The van der Waals surface area contributed by atoms with E-state index in [2.05, 4.69) is 19.2 Å². The quantitative estimate of drug-likeness (QED) is 0.664. The van der Waals surface area contributed by atoms with E-state index >= 15 is 0 Å². The van der Waals surface area contributed by atoms with Crippen LogP contribution in [0.15, 0.2) is 11.1 Å². The smallest absolute Gasteiger partial charge is 0.235 e. The number of nitrogens with two attached hydrogens (primary N) is 1. The predicted molar refractivity (Wildman–Crippen MR) is 64.9 cm³/mol. The molecule has 1 aliphatic carbocycles. The van der Waals surface area contributed by atoms with Crippen LogP contribution in [0.5, 0.6) is 0 Å². The molecule has 3 N–H and O–H groups in total. The molecule has 0 aromatic heterocycles. The van der Waals surface area contributed by atoms with Crippen molar-refractivity contribution in [2.45, 2.75) is 52.0 Å². The third-order valence-electron chi connectivity index (χ3n) is 4.55. The molecule has 3 heteroatoms. The van der Waals surface area contributed by atoms with Gasteiger partial charge in [-0.1, -0.05) is 11.1 Å². The minimum Gasteiger partial charge on any atom is -0.368 e. The Hall–Kier alpha value is -0.830. The summed E-state index contributed by atoms with van der Waals surface area (Å²) in [5.74, 6) is -0.186. The summed E-state index contributed by atoms with van der Waals surface area (Å²) in [6, 6.07) is -0.156. The lowest BCUT2D eigenvalue weighted by Gasteiger charge is -2.47. The molecule has 90 valence electrons. The first kappa shape index (κ1) is 11.6. The highest BCUT2D eigenvalue weighted by molar-refractivity contribution is 5.81. The van der Waals surface area contributed by atoms with Crippen LogP contribution in [0, 0.1) is 5.41 Å². The van der Waals surface area contributed by atoms with Crippen molar-refractivity contribution in [3.05, 3.63) is 11.1 Å². The second-order valence-corrected chi connectivity index (χ2v) is 5.31. The maximum Gasteiger partial charge on any atom is 0.235 e. The molecule has 2 rings (SSSR count). The van der Waals surface area contributed by atoms with Crippen LogP contribution in [0.3, 0.4) is 0 Å². The third-order valence-corrected chi connectivity index (χ3v) is 4.55. The van der Waals surface area contributed by atoms with Crippen LogP contribution in [-0.4, -0.2) is 18.5 Å². The maximum absolute atomic E-state index is 11.6. The van der Waals surface area contributed by atoms with E-state index in [4.69, 9.17) is 5.73 Å². The average molecular weight is 222 g/mol. The van der Waals surface area contributed by atoms with Crippen molar-refractivity contribution in [2.24, 2.45) is 11.1 Å². The summed E-state index contributed by atoms with van der Waals surface area (Å²) in [6.07, 6.45) is 5.73. The van der Waals surface area contributed by atoms with E-state index in [1.165, 1.54) is 24.0 Å². The molecule has 1 spiro atoms. The van der Waals surface area contributed by atoms with Gasteiger partial charge in [-0.25, -0.2) is 0 Å². The first-order chi connectivity index (χ1) is 7.58. The van der Waals surface area contributed by atoms with E-state index in [0.717, 1.165) is 25.8 Å². The molecule has 0 saturated carbocycles. The van der Waals surface area contributed by atoms with E-state index in [0.29, 0.717) is 0 Å². The van der Waals surface area contributed by atoms with Crippen LogP contribution in [0.4, 0.5) is 0 Å². The molecule has 1 heterocycles. The minimum absolute atomic E-state index is 0.0203. The topological polar surface area (TPSA) is 55.1 Å². The van der Waals surface area contributed by atoms with Gasteiger partial charge in [0.15, 0.2) is 0 Å². The summed E-state index contributed by atoms with van der Waals surface area (Å²) < 4.78 is 0. The van der Waals surface area contributed by atoms with Gasteiger partial charge in [0, 0.05) is 5.41 Å². The number of primary amides is 1. The zero-order valence-electron chi connectivity index (χ0n) is 10.3. The highest BCUT2D eigenvalue weighted by atomic mass is 16.1. The standard InChI is InChI=1S/C13H22N2O/c1-9-5-3-6-13(10(9)2)7-4-8-15-11(13)12(14)16/h11,15H,3-8H2,1-2H3,(H2,14,16). The van der Waals surface area contributed by atoms with Crippen LogP contribution in [0.2, 0.25) is 0 Å². The number of nitrogens with one attached hydrogen (secondary N) is 1. The van der Waals surface area contributed by atoms with Crippen molar-refractivity contribution < 1.29 is 4.79 Å². The Kier molecular flexibility index (Phi) is 3.06. The summed E-state index contributed by atoms with van der Waals surface area (Å²) in [4.78, 5) is 11.6. The Morgan fingerprint density at radius 2 is 2.06 bits per heavy atom. The van der Waals surface area contributed by atoms with Crippen molar-refractivity contribution in [3.8, 4) is 0 Å². The predicted octanol–water partition coefficient (Wildman–Crippen LogP) is 1.73. The lowest BCUT2D eigenvalue weighted by molar-refractivity contribution is -0.123. The molecular weight excluding hydrogens is 200 g/mol. The minimum atomic E-state index is -0.186. The highest BCUT2D eigenvalue weighted by Crippen LogP contribution is 2.47. The summed E-state index contributed by atoms with van der Waals surface area (Å²) in [5.41, 5.74) is 8.45. The number of carbonyl (C=O) groups is 1. The molecule has 16 heavy (non-hydrogen) atoms. The number of piperidine rings is 1. The van der Waals surface area contributed by atoms with Crippen molar-refractivity contribution >= 4 is 5.91 Å². The summed E-state index contributed by atoms with van der Waals surface area (Å²) in [6.45, 7) is 5.31. The third kappa shape index (κ3) is 1.67. The summed E-state index contributed by atoms with van der Waals surface area (Å²) in [7, 11) is 0. The second-order valence-electron chi connectivity index (χ2n) is 5.31. The molecule has 0 aromatic rings. The largest absolute Gasteiger partial charge is 0.368 e. The van der Waals surface area contributed by atoms with Crippen LogP contribution >= 0.6 is 0 Å². The van der Waals surface area contributed by atoms with Crippen molar-refractivity contribution in [1.29, 1.82) is 0 Å². The molecule has 1 fully saturated rings. The van der Waals surface area contributed by atoms with Gasteiger partial charge < -0.3 is 11.1 Å². The zero-order chi connectivity index (χ0) is 11.8. The number of amides is 1. The SMILES string of the molecule is CC1=C(C)C2(CCCNC2C(N)=O)CCC1. The number of hydrogen-bond donors (Lipinski definition) is 2. The first-order valence-electron chi connectivity index (χ1n) is 6.27. The fourth-order valence-corrected chi connectivity index (χ4v) is 3.51. The van der Waals surface area contributed by atoms with Gasteiger partial charge in [0.25, 0.3) is 0 Å². The molecule has 0 aromatic carbocycles. The van der Waals surface area contributed by atoms with Gasteiger partial charge in [0.05, 0.1) is 6.04 Å². The van der Waals surface area contributed by atoms with Gasteiger partial charge in [-0.15, -0.1) is 0 Å². The Morgan fingerprint density at radius 1 is 1.38 bits per heavy atom. The molecule has 0 bridgehead atoms. The molecule has 1 aliphatic heterocycles. The molecule has 2 aliphatic rings. The van der Waals surface area contributed by atoms with Crippen LogP contribution in [-0.2, 0) is 4.79 Å². The van der Waals surface area contributed by atoms with E-state index in [-0.39, 0.29) is 17.4 Å². The maximum atomic E-state index is 11.6. The molecule has 3 nitrogen and oxygen atoms in total. The summed E-state index contributed by atoms with van der Waals surface area (Å²) >= 11 is 0. The van der Waals surface area contributed by atoms with Gasteiger partial charge >= 0.3 is 0 Å². The molecule has 2 unspecified atom stereocenters. The van der Waals surface area contributed by atoms with Gasteiger partial charge in [-0.2, -0.15) is 0 Å². The van der Waals surface area contributed by atoms with Crippen molar-refractivity contribution in [2.75, 3.05) is 6.54 Å². The van der Waals surface area contributed by atoms with E-state index < -0.39 is 0 Å². The fraction of sp³-hybridized carbons (Fsp3) is 0.769. The van der Waals surface area contributed by atoms with E-state index in [9.17, 15) is 4.79 Å². The molecule has 2 atom stereocenters. The van der Waals surface area contributed by atoms with Gasteiger partial charge in [0.2, 0.25) is 5.91 Å². The van der Waals surface area contributed by atoms with Gasteiger partial charge in [-0.05, 0) is 52.5 Å². The van der Waals surface area contributed by atoms with Crippen LogP contribution in [0.1, 0.15) is 46.0 Å². The summed E-state index contributed by atoms with van der Waals surface area (Å²) in [5, 5.41) is 3.32. The number of allylic oxidation sites excluding steroid dienone is 1. The molecule has 0 radical (unpaired) electrons. The number of hydrogen-bond acceptors (Lipinski definition) is 2. The Bertz CT molecular complexity index is 335. The number of rotatable bonds is 1. The van der Waals surface area contributed by atoms with Gasteiger partial charge in [-0.3, -0.25) is 4.79 Å². The molecule has 1 saturated heterocycles. The molecular formula is C13H22N2O. The number of carbonyl (C=O) groups excluding carboxylic acids is 1. The lowest BCUT2D eigenvalue weighted by Crippen LogP contribution is -2.57. The van der Waals surface area contributed by atoms with Crippen LogP contribution in [0.25, 0.3) is 0 Å². The van der Waals surface area contributed by atoms with Crippen LogP contribution < -0.4 is 11.1 Å². The Balaban J connectivity index is 2.39. The fourth-order valence-electron chi connectivity index (χ4n) is 3.51. The van der Waals surface area contributed by atoms with Gasteiger partial charge in [0.1, 0.15) is 0 Å². The lowest BCUT2D eigenvalue weighted by atomic mass is 9.62. The monoisotopic (exact) mass is 222 g/mol. The normalized spacial score (nSPS) is 35.5. The highest BCUT2D eigenvalue weighted by Gasteiger charge is 2.46. The Labute approximate surface area is 97.5 Å². The zero-order valence-corrected chi connectivity index (χ0v) is 10.3. The first-order valence-corrected chi connectivity index (χ1v) is 6.27. The van der Waals surface area contributed by atoms with Crippen molar-refractivity contribution in [3.63, 3.8) is 0 Å². The van der Waals surface area contributed by atoms with Crippen molar-refractivity contribution in [1.82, 2.24) is 5.32 Å². The van der Waals surface area contributed by atoms with E-state index in [1.807, 2.05) is 0 Å².